The van der Waals surface area contributed by atoms with Gasteiger partial charge in [-0.05, 0) is 12.0 Å². The van der Waals surface area contributed by atoms with E-state index in [1.807, 2.05) is 24.1 Å². The van der Waals surface area contributed by atoms with Crippen LogP contribution in [0.15, 0.2) is 42.3 Å². The van der Waals surface area contributed by atoms with Gasteiger partial charge in [-0.25, -0.2) is 9.97 Å². The zero-order chi connectivity index (χ0) is 14.1. The number of rotatable bonds is 4. The van der Waals surface area contributed by atoms with E-state index in [2.05, 4.69) is 38.1 Å². The van der Waals surface area contributed by atoms with Gasteiger partial charge >= 0.3 is 0 Å². The Kier molecular flexibility index (Phi) is 3.20. The van der Waals surface area contributed by atoms with E-state index in [1.165, 1.54) is 27.5 Å². The Morgan fingerprint density at radius 1 is 1.33 bits per heavy atom. The van der Waals surface area contributed by atoms with Crippen molar-refractivity contribution in [3.63, 3.8) is 0 Å². The van der Waals surface area contributed by atoms with Crippen molar-refractivity contribution in [2.75, 3.05) is 11.9 Å². The van der Waals surface area contributed by atoms with E-state index in [-0.39, 0.29) is 0 Å². The first kappa shape index (κ1) is 12.6. The molecule has 0 amide bonds. The average Bonchev–Trinajstić information content (AvgIpc) is 3.25. The summed E-state index contributed by atoms with van der Waals surface area (Å²) in [5, 5.41) is 6.70. The van der Waals surface area contributed by atoms with Crippen LogP contribution in [-0.4, -0.2) is 21.1 Å². The molecule has 21 heavy (non-hydrogen) atoms. The van der Waals surface area contributed by atoms with Crippen LogP contribution in [0.3, 0.4) is 0 Å². The first-order valence-electron chi connectivity index (χ1n) is 7.16. The second kappa shape index (κ2) is 5.33. The molecule has 5 heteroatoms. The molecule has 0 saturated heterocycles. The number of benzene rings is 1. The second-order valence-corrected chi connectivity index (χ2v) is 6.14. The van der Waals surface area contributed by atoms with Crippen LogP contribution >= 0.6 is 11.3 Å². The van der Waals surface area contributed by atoms with E-state index in [0.717, 1.165) is 25.9 Å². The minimum absolute atomic E-state index is 0.909. The van der Waals surface area contributed by atoms with Gasteiger partial charge in [-0.1, -0.05) is 18.2 Å². The van der Waals surface area contributed by atoms with E-state index < -0.39 is 0 Å². The predicted molar refractivity (Wildman–Crippen MR) is 85.7 cm³/mol. The summed E-state index contributed by atoms with van der Waals surface area (Å²) < 4.78 is 2.22. The van der Waals surface area contributed by atoms with Crippen LogP contribution in [0.5, 0.6) is 0 Å². The van der Waals surface area contributed by atoms with Crippen molar-refractivity contribution in [1.82, 2.24) is 14.5 Å². The molecule has 0 atom stereocenters. The van der Waals surface area contributed by atoms with Crippen LogP contribution in [0.2, 0.25) is 0 Å². The average molecular weight is 296 g/mol. The maximum atomic E-state index is 4.35. The van der Waals surface area contributed by atoms with E-state index in [4.69, 9.17) is 0 Å². The van der Waals surface area contributed by atoms with Gasteiger partial charge in [0.15, 0.2) is 0 Å². The Bertz CT molecular complexity index is 745. The van der Waals surface area contributed by atoms with E-state index in [1.54, 1.807) is 11.3 Å². The topological polar surface area (TPSA) is 42.7 Å². The van der Waals surface area contributed by atoms with Gasteiger partial charge in [0.25, 0.3) is 0 Å². The first-order chi connectivity index (χ1) is 10.4. The Balaban J connectivity index is 1.65. The number of nitrogens with zero attached hydrogens (tertiary/aromatic N) is 3. The molecular formula is C16H16N4S. The van der Waals surface area contributed by atoms with E-state index in [0.29, 0.717) is 0 Å². The monoisotopic (exact) mass is 296 g/mol. The largest absolute Gasteiger partial charge is 0.384 e. The van der Waals surface area contributed by atoms with Gasteiger partial charge in [0.05, 0.1) is 23.2 Å². The van der Waals surface area contributed by atoms with Crippen molar-refractivity contribution in [3.05, 3.63) is 52.9 Å². The summed E-state index contributed by atoms with van der Waals surface area (Å²) in [4.78, 5) is 8.69. The van der Waals surface area contributed by atoms with Gasteiger partial charge in [0.2, 0.25) is 0 Å². The van der Waals surface area contributed by atoms with Crippen molar-refractivity contribution in [2.45, 2.75) is 19.4 Å². The van der Waals surface area contributed by atoms with Gasteiger partial charge in [-0.15, -0.1) is 11.3 Å². The lowest BCUT2D eigenvalue weighted by Gasteiger charge is -2.11. The zero-order valence-corrected chi connectivity index (χ0v) is 12.4. The van der Waals surface area contributed by atoms with Crippen molar-refractivity contribution in [3.8, 4) is 11.3 Å². The third-order valence-corrected chi connectivity index (χ3v) is 4.72. The van der Waals surface area contributed by atoms with Crippen LogP contribution in [0.4, 0.5) is 5.69 Å². The fourth-order valence-corrected chi connectivity index (χ4v) is 3.48. The maximum Gasteiger partial charge on any atom is 0.0951 e. The highest BCUT2D eigenvalue weighted by atomic mass is 32.1. The number of fused-ring (bicyclic) bond motifs is 1. The quantitative estimate of drug-likeness (QED) is 0.804. The molecule has 1 N–H and O–H groups in total. The van der Waals surface area contributed by atoms with Crippen molar-refractivity contribution < 1.29 is 0 Å². The van der Waals surface area contributed by atoms with Crippen molar-refractivity contribution in [2.24, 2.45) is 0 Å². The molecule has 4 nitrogen and oxygen atoms in total. The lowest BCUT2D eigenvalue weighted by molar-refractivity contribution is 0.699. The molecule has 0 spiro atoms. The number of para-hydroxylation sites is 1. The van der Waals surface area contributed by atoms with E-state index in [9.17, 15) is 0 Å². The fraction of sp³-hybridized carbons (Fsp3) is 0.250. The summed E-state index contributed by atoms with van der Waals surface area (Å²) >= 11 is 1.71. The molecule has 0 saturated carbocycles. The number of hydrogen-bond donors (Lipinski definition) is 1. The number of aromatic nitrogens is 3. The number of anilines is 1. The lowest BCUT2D eigenvalue weighted by Crippen LogP contribution is -2.03. The number of imidazole rings is 1. The van der Waals surface area contributed by atoms with Crippen LogP contribution in [0.25, 0.3) is 11.3 Å². The molecule has 3 aromatic rings. The summed E-state index contributed by atoms with van der Waals surface area (Å²) in [6, 6.07) is 6.52. The summed E-state index contributed by atoms with van der Waals surface area (Å²) in [5.41, 5.74) is 5.10. The predicted octanol–water partition coefficient (Wildman–Crippen LogP) is 3.22. The molecule has 106 valence electrons. The van der Waals surface area contributed by atoms with Crippen LogP contribution < -0.4 is 5.32 Å². The molecule has 1 aliphatic heterocycles. The minimum atomic E-state index is 0.909. The summed E-state index contributed by atoms with van der Waals surface area (Å²) in [7, 11) is 0. The molecule has 0 unspecified atom stereocenters. The number of aryl methyl sites for hydroxylation is 2. The Morgan fingerprint density at radius 2 is 2.33 bits per heavy atom. The van der Waals surface area contributed by atoms with Crippen LogP contribution in [0, 0.1) is 0 Å². The molecule has 0 bridgehead atoms. The van der Waals surface area contributed by atoms with Crippen LogP contribution in [-0.2, 0) is 19.4 Å². The number of thiazole rings is 1. The van der Waals surface area contributed by atoms with Crippen molar-refractivity contribution >= 4 is 17.0 Å². The normalized spacial score (nSPS) is 13.1. The first-order valence-corrected chi connectivity index (χ1v) is 8.04. The molecule has 1 aliphatic rings. The fourth-order valence-electron chi connectivity index (χ4n) is 2.87. The lowest BCUT2D eigenvalue weighted by atomic mass is 10.1. The molecular weight excluding hydrogens is 280 g/mol. The van der Waals surface area contributed by atoms with E-state index >= 15 is 0 Å². The summed E-state index contributed by atoms with van der Waals surface area (Å²) in [5.74, 6) is 0. The second-order valence-electron chi connectivity index (χ2n) is 5.16. The number of hydrogen-bond acceptors (Lipinski definition) is 4. The minimum Gasteiger partial charge on any atom is -0.384 e. The maximum absolute atomic E-state index is 4.35. The van der Waals surface area contributed by atoms with Crippen molar-refractivity contribution in [1.29, 1.82) is 0 Å². The molecule has 3 heterocycles. The number of nitrogens with one attached hydrogen (secondary N) is 1. The molecule has 4 rings (SSSR count). The molecule has 0 aliphatic carbocycles. The highest BCUT2D eigenvalue weighted by Crippen LogP contribution is 2.34. The highest BCUT2D eigenvalue weighted by molar-refractivity contribution is 7.09. The molecule has 2 aromatic heterocycles. The molecule has 1 aromatic carbocycles. The van der Waals surface area contributed by atoms with Gasteiger partial charge in [-0.3, -0.25) is 0 Å². The standard InChI is InChI=1S/C16H16N4S/c1-2-12-4-6-19-16(12)13(3-1)14-10-17-11-20(14)8-5-15-18-7-9-21-15/h1-3,7,9-11,19H,4-6,8H2. The third-order valence-electron chi connectivity index (χ3n) is 3.89. The van der Waals surface area contributed by atoms with Gasteiger partial charge in [0.1, 0.15) is 0 Å². The molecule has 0 fully saturated rings. The van der Waals surface area contributed by atoms with Crippen LogP contribution in [0.1, 0.15) is 10.6 Å². The van der Waals surface area contributed by atoms with Gasteiger partial charge < -0.3 is 9.88 Å². The van der Waals surface area contributed by atoms with Gasteiger partial charge in [0, 0.05) is 42.3 Å². The smallest absolute Gasteiger partial charge is 0.0951 e. The van der Waals surface area contributed by atoms with Gasteiger partial charge in [-0.2, -0.15) is 0 Å². The Hall–Kier alpha value is -2.14. The summed E-state index contributed by atoms with van der Waals surface area (Å²) in [6.45, 7) is 1.94. The molecule has 0 radical (unpaired) electrons. The third kappa shape index (κ3) is 2.34. The zero-order valence-electron chi connectivity index (χ0n) is 11.6. The highest BCUT2D eigenvalue weighted by Gasteiger charge is 2.17. The Labute approximate surface area is 127 Å². The SMILES string of the molecule is c1cc2c(c(-c3cncn3CCc3nccs3)c1)NCC2. The summed E-state index contributed by atoms with van der Waals surface area (Å²) in [6.07, 6.45) is 7.79. The Morgan fingerprint density at radius 3 is 3.24 bits per heavy atom.